The van der Waals surface area contributed by atoms with Gasteiger partial charge in [-0.25, -0.2) is 0 Å². The Bertz CT molecular complexity index is 581. The Kier molecular flexibility index (Phi) is 5.48. The van der Waals surface area contributed by atoms with E-state index in [1.54, 1.807) is 0 Å². The minimum atomic E-state index is 0.115. The SMILES string of the molecule is Cc1cccc(C)c1NCC(C)Oc1ccc(C(C)C)cc1. The maximum Gasteiger partial charge on any atom is 0.119 e. The van der Waals surface area contributed by atoms with Crippen molar-refractivity contribution in [1.82, 2.24) is 0 Å². The third-order valence-electron chi connectivity index (χ3n) is 3.93. The molecular formula is C20H27NO. The van der Waals surface area contributed by atoms with Crippen molar-refractivity contribution < 1.29 is 4.74 Å². The van der Waals surface area contributed by atoms with Gasteiger partial charge < -0.3 is 10.1 Å². The molecule has 118 valence electrons. The van der Waals surface area contributed by atoms with E-state index < -0.39 is 0 Å². The molecule has 0 aliphatic carbocycles. The number of para-hydroxylation sites is 1. The van der Waals surface area contributed by atoms with Gasteiger partial charge in [-0.1, -0.05) is 44.2 Å². The lowest BCUT2D eigenvalue weighted by Gasteiger charge is -2.19. The predicted octanol–water partition coefficient (Wildman–Crippen LogP) is 5.31. The summed E-state index contributed by atoms with van der Waals surface area (Å²) in [5.74, 6) is 1.48. The zero-order valence-corrected chi connectivity index (χ0v) is 14.3. The molecule has 1 N–H and O–H groups in total. The van der Waals surface area contributed by atoms with Gasteiger partial charge in [-0.2, -0.15) is 0 Å². The number of aryl methyl sites for hydroxylation is 2. The molecule has 2 aromatic rings. The highest BCUT2D eigenvalue weighted by atomic mass is 16.5. The second-order valence-corrected chi connectivity index (χ2v) is 6.30. The van der Waals surface area contributed by atoms with Crippen LogP contribution in [0.1, 0.15) is 43.4 Å². The predicted molar refractivity (Wildman–Crippen MR) is 95.0 cm³/mol. The van der Waals surface area contributed by atoms with Gasteiger partial charge in [0, 0.05) is 5.69 Å². The van der Waals surface area contributed by atoms with Gasteiger partial charge in [0.25, 0.3) is 0 Å². The number of hydrogen-bond donors (Lipinski definition) is 1. The largest absolute Gasteiger partial charge is 0.489 e. The average Bonchev–Trinajstić information content (AvgIpc) is 2.47. The molecule has 2 rings (SSSR count). The molecule has 1 unspecified atom stereocenters. The van der Waals surface area contributed by atoms with E-state index in [-0.39, 0.29) is 6.10 Å². The van der Waals surface area contributed by atoms with E-state index in [4.69, 9.17) is 4.74 Å². The normalized spacial score (nSPS) is 12.3. The third kappa shape index (κ3) is 4.27. The molecule has 0 aromatic heterocycles. The lowest BCUT2D eigenvalue weighted by Crippen LogP contribution is -2.23. The summed E-state index contributed by atoms with van der Waals surface area (Å²) in [5.41, 5.74) is 5.10. The smallest absolute Gasteiger partial charge is 0.119 e. The van der Waals surface area contributed by atoms with E-state index in [1.165, 1.54) is 22.4 Å². The maximum absolute atomic E-state index is 5.99. The highest BCUT2D eigenvalue weighted by Crippen LogP contribution is 2.21. The Labute approximate surface area is 134 Å². The van der Waals surface area contributed by atoms with E-state index in [9.17, 15) is 0 Å². The maximum atomic E-state index is 5.99. The number of rotatable bonds is 6. The van der Waals surface area contributed by atoms with Crippen LogP contribution in [0.2, 0.25) is 0 Å². The van der Waals surface area contributed by atoms with Crippen molar-refractivity contribution in [2.75, 3.05) is 11.9 Å². The molecule has 0 aliphatic heterocycles. The molecule has 0 bridgehead atoms. The second-order valence-electron chi connectivity index (χ2n) is 6.30. The Morgan fingerprint density at radius 3 is 2.05 bits per heavy atom. The first kappa shape index (κ1) is 16.4. The molecule has 0 saturated heterocycles. The van der Waals surface area contributed by atoms with Crippen LogP contribution in [0, 0.1) is 13.8 Å². The van der Waals surface area contributed by atoms with Crippen LogP contribution in [-0.2, 0) is 0 Å². The number of hydrogen-bond acceptors (Lipinski definition) is 2. The van der Waals surface area contributed by atoms with Gasteiger partial charge in [0.15, 0.2) is 0 Å². The van der Waals surface area contributed by atoms with E-state index in [1.807, 2.05) is 0 Å². The fraction of sp³-hybridized carbons (Fsp3) is 0.400. The van der Waals surface area contributed by atoms with Gasteiger partial charge in [-0.05, 0) is 55.5 Å². The monoisotopic (exact) mass is 297 g/mol. The molecule has 1 atom stereocenters. The van der Waals surface area contributed by atoms with Crippen LogP contribution in [-0.4, -0.2) is 12.6 Å². The zero-order chi connectivity index (χ0) is 16.1. The van der Waals surface area contributed by atoms with Crippen LogP contribution in [0.4, 0.5) is 5.69 Å². The lowest BCUT2D eigenvalue weighted by molar-refractivity contribution is 0.234. The van der Waals surface area contributed by atoms with Crippen LogP contribution in [0.3, 0.4) is 0 Å². The molecule has 0 aliphatic rings. The van der Waals surface area contributed by atoms with Crippen molar-refractivity contribution in [2.45, 2.75) is 46.6 Å². The summed E-state index contributed by atoms with van der Waals surface area (Å²) >= 11 is 0. The fourth-order valence-electron chi connectivity index (χ4n) is 2.54. The van der Waals surface area contributed by atoms with Crippen LogP contribution in [0.5, 0.6) is 5.75 Å². The molecule has 0 radical (unpaired) electrons. The van der Waals surface area contributed by atoms with Crippen LogP contribution in [0.25, 0.3) is 0 Å². The zero-order valence-electron chi connectivity index (χ0n) is 14.3. The molecule has 0 saturated carbocycles. The Morgan fingerprint density at radius 2 is 1.50 bits per heavy atom. The summed E-state index contributed by atoms with van der Waals surface area (Å²) in [6.45, 7) is 11.5. The van der Waals surface area contributed by atoms with Crippen molar-refractivity contribution in [2.24, 2.45) is 0 Å². The van der Waals surface area contributed by atoms with Gasteiger partial charge in [-0.15, -0.1) is 0 Å². The van der Waals surface area contributed by atoms with Crippen LogP contribution >= 0.6 is 0 Å². The molecule has 22 heavy (non-hydrogen) atoms. The Morgan fingerprint density at radius 1 is 0.909 bits per heavy atom. The summed E-state index contributed by atoms with van der Waals surface area (Å²) in [6.07, 6.45) is 0.115. The molecule has 0 heterocycles. The second kappa shape index (κ2) is 7.35. The standard InChI is InChI=1S/C20H27NO/c1-14(2)18-9-11-19(12-10-18)22-17(5)13-21-20-15(3)7-6-8-16(20)4/h6-12,14,17,21H,13H2,1-5H3. The van der Waals surface area contributed by atoms with Crippen LogP contribution < -0.4 is 10.1 Å². The van der Waals surface area contributed by atoms with Crippen LogP contribution in [0.15, 0.2) is 42.5 Å². The highest BCUT2D eigenvalue weighted by Gasteiger charge is 2.07. The van der Waals surface area contributed by atoms with Crippen molar-refractivity contribution in [3.63, 3.8) is 0 Å². The third-order valence-corrected chi connectivity index (χ3v) is 3.93. The molecule has 2 heteroatoms. The van der Waals surface area contributed by atoms with Crippen molar-refractivity contribution in [3.05, 3.63) is 59.2 Å². The van der Waals surface area contributed by atoms with Gasteiger partial charge >= 0.3 is 0 Å². The van der Waals surface area contributed by atoms with Crippen molar-refractivity contribution in [3.8, 4) is 5.75 Å². The minimum Gasteiger partial charge on any atom is -0.489 e. The summed E-state index contributed by atoms with van der Waals surface area (Å²) in [4.78, 5) is 0. The first-order chi connectivity index (χ1) is 10.5. The summed E-state index contributed by atoms with van der Waals surface area (Å²) in [7, 11) is 0. The average molecular weight is 297 g/mol. The molecule has 2 aromatic carbocycles. The van der Waals surface area contributed by atoms with Gasteiger partial charge in [0.2, 0.25) is 0 Å². The molecular weight excluding hydrogens is 270 g/mol. The number of anilines is 1. The molecule has 0 fully saturated rings. The van der Waals surface area contributed by atoms with Gasteiger partial charge in [0.05, 0.1) is 6.54 Å². The van der Waals surface area contributed by atoms with Gasteiger partial charge in [0.1, 0.15) is 11.9 Å². The molecule has 0 spiro atoms. The van der Waals surface area contributed by atoms with E-state index in [2.05, 4.69) is 82.4 Å². The van der Waals surface area contributed by atoms with Crippen molar-refractivity contribution in [1.29, 1.82) is 0 Å². The fourth-order valence-corrected chi connectivity index (χ4v) is 2.54. The minimum absolute atomic E-state index is 0.115. The topological polar surface area (TPSA) is 21.3 Å². The van der Waals surface area contributed by atoms with E-state index in [0.29, 0.717) is 5.92 Å². The first-order valence-electron chi connectivity index (χ1n) is 8.04. The van der Waals surface area contributed by atoms with Crippen molar-refractivity contribution >= 4 is 5.69 Å². The summed E-state index contributed by atoms with van der Waals surface area (Å²) in [5, 5.41) is 3.51. The van der Waals surface area contributed by atoms with E-state index >= 15 is 0 Å². The Hall–Kier alpha value is -1.96. The quantitative estimate of drug-likeness (QED) is 0.780. The van der Waals surface area contributed by atoms with E-state index in [0.717, 1.165) is 12.3 Å². The first-order valence-corrected chi connectivity index (χ1v) is 8.04. The number of ether oxygens (including phenoxy) is 1. The number of benzene rings is 2. The highest BCUT2D eigenvalue weighted by molar-refractivity contribution is 5.56. The molecule has 2 nitrogen and oxygen atoms in total. The number of nitrogens with one attached hydrogen (secondary N) is 1. The Balaban J connectivity index is 1.91. The van der Waals surface area contributed by atoms with Gasteiger partial charge in [-0.3, -0.25) is 0 Å². The summed E-state index contributed by atoms with van der Waals surface area (Å²) < 4.78 is 5.99. The molecule has 0 amide bonds. The summed E-state index contributed by atoms with van der Waals surface area (Å²) in [6, 6.07) is 14.8. The lowest BCUT2D eigenvalue weighted by atomic mass is 10.0.